The Labute approximate surface area is 105 Å². The summed E-state index contributed by atoms with van der Waals surface area (Å²) in [5, 5.41) is 0. The molecule has 0 unspecified atom stereocenters. The van der Waals surface area contributed by atoms with Crippen molar-refractivity contribution in [3.63, 3.8) is 0 Å². The Kier molecular flexibility index (Phi) is 1.78. The standard InChI is InChI=1S/C17H10O/c18-10-11-8-12-4-3-7-15-13-5-1-2-6-14(13)16(9-11)17(12)15/h1-7,9H,8H2. The molecule has 2 aliphatic carbocycles. The quantitative estimate of drug-likeness (QED) is 0.541. The summed E-state index contributed by atoms with van der Waals surface area (Å²) in [6.45, 7) is 0. The summed E-state index contributed by atoms with van der Waals surface area (Å²) in [6, 6.07) is 14.7. The van der Waals surface area contributed by atoms with Crippen LogP contribution in [0.5, 0.6) is 0 Å². The van der Waals surface area contributed by atoms with Gasteiger partial charge in [-0.05, 0) is 39.5 Å². The van der Waals surface area contributed by atoms with Crippen LogP contribution in [-0.2, 0) is 11.2 Å². The molecule has 18 heavy (non-hydrogen) atoms. The van der Waals surface area contributed by atoms with E-state index in [1.165, 1.54) is 33.4 Å². The van der Waals surface area contributed by atoms with E-state index in [0.29, 0.717) is 6.42 Å². The predicted octanol–water partition coefficient (Wildman–Crippen LogP) is 3.41. The maximum atomic E-state index is 11.0. The molecular formula is C17H10O. The SMILES string of the molecule is O=C=C1C=C2c3ccccc3-c3cccc(c32)C1. The van der Waals surface area contributed by atoms with Crippen molar-refractivity contribution >= 4 is 11.5 Å². The summed E-state index contributed by atoms with van der Waals surface area (Å²) in [6.07, 6.45) is 2.69. The van der Waals surface area contributed by atoms with Gasteiger partial charge in [0, 0.05) is 12.0 Å². The molecule has 0 N–H and O–H groups in total. The van der Waals surface area contributed by atoms with Crippen molar-refractivity contribution in [1.82, 2.24) is 0 Å². The highest BCUT2D eigenvalue weighted by Crippen LogP contribution is 2.48. The molecule has 0 aromatic heterocycles. The van der Waals surface area contributed by atoms with E-state index in [4.69, 9.17) is 0 Å². The minimum Gasteiger partial charge on any atom is -0.233 e. The largest absolute Gasteiger partial charge is 0.233 e. The molecule has 4 rings (SSSR count). The smallest absolute Gasteiger partial charge is 0.128 e. The van der Waals surface area contributed by atoms with Crippen molar-refractivity contribution in [2.75, 3.05) is 0 Å². The van der Waals surface area contributed by atoms with Crippen LogP contribution in [-0.4, -0.2) is 5.94 Å². The zero-order valence-corrected chi connectivity index (χ0v) is 9.73. The Morgan fingerprint density at radius 2 is 1.67 bits per heavy atom. The van der Waals surface area contributed by atoms with E-state index >= 15 is 0 Å². The fraction of sp³-hybridized carbons (Fsp3) is 0.0588. The van der Waals surface area contributed by atoms with Crippen molar-refractivity contribution in [2.45, 2.75) is 6.42 Å². The summed E-state index contributed by atoms with van der Waals surface area (Å²) >= 11 is 0. The zero-order valence-electron chi connectivity index (χ0n) is 9.73. The number of benzene rings is 2. The van der Waals surface area contributed by atoms with Crippen molar-refractivity contribution in [3.05, 3.63) is 70.8 Å². The average Bonchev–Trinajstić information content (AvgIpc) is 2.76. The van der Waals surface area contributed by atoms with Gasteiger partial charge in [0.2, 0.25) is 0 Å². The highest BCUT2D eigenvalue weighted by molar-refractivity contribution is 6.04. The third kappa shape index (κ3) is 1.09. The van der Waals surface area contributed by atoms with Gasteiger partial charge >= 0.3 is 0 Å². The van der Waals surface area contributed by atoms with Crippen LogP contribution in [0.3, 0.4) is 0 Å². The summed E-state index contributed by atoms with van der Waals surface area (Å²) in [7, 11) is 0. The minimum absolute atomic E-state index is 0.699. The lowest BCUT2D eigenvalue weighted by Gasteiger charge is -2.15. The van der Waals surface area contributed by atoms with Crippen molar-refractivity contribution in [3.8, 4) is 11.1 Å². The topological polar surface area (TPSA) is 17.1 Å². The van der Waals surface area contributed by atoms with E-state index < -0.39 is 0 Å². The predicted molar refractivity (Wildman–Crippen MR) is 71.9 cm³/mol. The van der Waals surface area contributed by atoms with Gasteiger partial charge in [-0.15, -0.1) is 0 Å². The monoisotopic (exact) mass is 230 g/mol. The second kappa shape index (κ2) is 3.32. The van der Waals surface area contributed by atoms with Gasteiger partial charge in [-0.25, -0.2) is 4.79 Å². The van der Waals surface area contributed by atoms with Gasteiger partial charge < -0.3 is 0 Å². The Bertz CT molecular complexity index is 759. The molecule has 84 valence electrons. The van der Waals surface area contributed by atoms with Gasteiger partial charge in [-0.1, -0.05) is 42.5 Å². The number of rotatable bonds is 0. The van der Waals surface area contributed by atoms with E-state index in [1.807, 2.05) is 12.1 Å². The first-order valence-corrected chi connectivity index (χ1v) is 6.06. The average molecular weight is 230 g/mol. The van der Waals surface area contributed by atoms with Crippen LogP contribution in [0.2, 0.25) is 0 Å². The first kappa shape index (κ1) is 9.64. The number of fused-ring (bicyclic) bond motifs is 3. The second-order valence-electron chi connectivity index (χ2n) is 4.75. The Hall–Kier alpha value is -2.37. The second-order valence-corrected chi connectivity index (χ2v) is 4.75. The Morgan fingerprint density at radius 3 is 2.50 bits per heavy atom. The van der Waals surface area contributed by atoms with Gasteiger partial charge in [0.1, 0.15) is 5.94 Å². The summed E-state index contributed by atoms with van der Waals surface area (Å²) in [5.41, 5.74) is 8.25. The number of carbonyl (C=O) groups excluding carboxylic acids is 1. The Balaban J connectivity index is 2.17. The molecule has 0 saturated heterocycles. The van der Waals surface area contributed by atoms with E-state index in [-0.39, 0.29) is 0 Å². The van der Waals surface area contributed by atoms with Crippen LogP contribution in [0.1, 0.15) is 16.7 Å². The molecular weight excluding hydrogens is 220 g/mol. The normalized spacial score (nSPS) is 14.7. The number of hydrogen-bond donors (Lipinski definition) is 0. The summed E-state index contributed by atoms with van der Waals surface area (Å²) < 4.78 is 0. The van der Waals surface area contributed by atoms with Crippen molar-refractivity contribution in [1.29, 1.82) is 0 Å². The fourth-order valence-corrected chi connectivity index (χ4v) is 3.02. The molecule has 0 fully saturated rings. The van der Waals surface area contributed by atoms with Crippen molar-refractivity contribution in [2.24, 2.45) is 0 Å². The van der Waals surface area contributed by atoms with Gasteiger partial charge in [0.25, 0.3) is 0 Å². The van der Waals surface area contributed by atoms with Gasteiger partial charge in [0.15, 0.2) is 0 Å². The molecule has 0 radical (unpaired) electrons. The van der Waals surface area contributed by atoms with Crippen LogP contribution < -0.4 is 0 Å². The molecule has 0 aliphatic heterocycles. The molecule has 2 aromatic rings. The first-order valence-electron chi connectivity index (χ1n) is 6.06. The van der Waals surface area contributed by atoms with E-state index in [1.54, 1.807) is 0 Å². The highest BCUT2D eigenvalue weighted by atomic mass is 16.1. The number of hydrogen-bond acceptors (Lipinski definition) is 1. The third-order valence-electron chi connectivity index (χ3n) is 3.76. The van der Waals surface area contributed by atoms with E-state index in [0.717, 1.165) is 5.57 Å². The molecule has 1 nitrogen and oxygen atoms in total. The minimum atomic E-state index is 0.699. The maximum absolute atomic E-state index is 11.0. The molecule has 2 aromatic carbocycles. The van der Waals surface area contributed by atoms with Crippen LogP contribution in [0.15, 0.2) is 54.1 Å². The first-order chi connectivity index (χ1) is 8.88. The van der Waals surface area contributed by atoms with E-state index in [2.05, 4.69) is 42.3 Å². The fourth-order valence-electron chi connectivity index (χ4n) is 3.02. The Morgan fingerprint density at radius 1 is 0.889 bits per heavy atom. The molecule has 0 atom stereocenters. The molecule has 0 heterocycles. The van der Waals surface area contributed by atoms with Gasteiger partial charge in [-0.3, -0.25) is 0 Å². The van der Waals surface area contributed by atoms with Crippen LogP contribution in [0, 0.1) is 0 Å². The molecule has 2 aliphatic rings. The molecule has 1 heteroatoms. The van der Waals surface area contributed by atoms with Crippen molar-refractivity contribution < 1.29 is 4.79 Å². The van der Waals surface area contributed by atoms with Gasteiger partial charge in [-0.2, -0.15) is 0 Å². The maximum Gasteiger partial charge on any atom is 0.128 e. The zero-order chi connectivity index (χ0) is 12.1. The number of allylic oxidation sites excluding steroid dienone is 2. The molecule has 0 saturated carbocycles. The molecule has 0 amide bonds. The molecule has 0 bridgehead atoms. The van der Waals surface area contributed by atoms with Crippen LogP contribution >= 0.6 is 0 Å². The van der Waals surface area contributed by atoms with Gasteiger partial charge in [0.05, 0.1) is 0 Å². The lowest BCUT2D eigenvalue weighted by molar-refractivity contribution is 0.567. The summed E-state index contributed by atoms with van der Waals surface area (Å²) in [5.74, 6) is 2.05. The highest BCUT2D eigenvalue weighted by Gasteiger charge is 2.28. The lowest BCUT2D eigenvalue weighted by Crippen LogP contribution is -2.01. The summed E-state index contributed by atoms with van der Waals surface area (Å²) in [4.78, 5) is 11.0. The van der Waals surface area contributed by atoms with Crippen LogP contribution in [0.25, 0.3) is 16.7 Å². The molecule has 0 spiro atoms. The lowest BCUT2D eigenvalue weighted by atomic mass is 9.88. The van der Waals surface area contributed by atoms with Crippen LogP contribution in [0.4, 0.5) is 0 Å². The van der Waals surface area contributed by atoms with E-state index in [9.17, 15) is 4.79 Å². The third-order valence-corrected chi connectivity index (χ3v) is 3.76.